The highest BCUT2D eigenvalue weighted by molar-refractivity contribution is 6.30. The van der Waals surface area contributed by atoms with Gasteiger partial charge in [-0.05, 0) is 25.1 Å². The zero-order valence-corrected chi connectivity index (χ0v) is 12.6. The van der Waals surface area contributed by atoms with Crippen LogP contribution in [-0.2, 0) is 15.3 Å². The van der Waals surface area contributed by atoms with Gasteiger partial charge in [0.05, 0.1) is 5.56 Å². The third kappa shape index (κ3) is 2.27. The molecule has 0 amide bonds. The highest BCUT2D eigenvalue weighted by atomic mass is 35.5. The van der Waals surface area contributed by atoms with Gasteiger partial charge in [0.1, 0.15) is 6.10 Å². The van der Waals surface area contributed by atoms with Crippen molar-refractivity contribution in [3.05, 3.63) is 70.2 Å². The minimum absolute atomic E-state index is 0.435. The molecular weight excluding hydrogens is 300 g/mol. The summed E-state index contributed by atoms with van der Waals surface area (Å²) < 4.78 is 11.6. The normalized spacial score (nSPS) is 20.9. The van der Waals surface area contributed by atoms with Crippen LogP contribution in [0.1, 0.15) is 28.4 Å². The molecule has 3 nitrogen and oxygen atoms in total. The van der Waals surface area contributed by atoms with E-state index in [1.807, 2.05) is 6.07 Å². The Balaban J connectivity index is 2.20. The standard InChI is InChI=1S/C18H13ClO3/c1-3-12(2)21-18(13-8-10-14(19)11-9-13)16-7-5-4-6-15(16)17(20)22-18/h1,4-12H,2H3/t12-,18-/m1/s1. The summed E-state index contributed by atoms with van der Waals surface area (Å²) >= 11 is 5.94. The van der Waals surface area contributed by atoms with Gasteiger partial charge < -0.3 is 9.47 Å². The first-order chi connectivity index (χ1) is 10.6. The number of carbonyl (C=O) groups excluding carboxylic acids is 1. The van der Waals surface area contributed by atoms with Crippen LogP contribution in [0, 0.1) is 12.3 Å². The first-order valence-electron chi connectivity index (χ1n) is 6.79. The third-order valence-electron chi connectivity index (χ3n) is 3.54. The molecule has 0 aromatic heterocycles. The number of hydrogen-bond donors (Lipinski definition) is 0. The maximum Gasteiger partial charge on any atom is 0.341 e. The molecule has 0 fully saturated rings. The fourth-order valence-corrected chi connectivity index (χ4v) is 2.64. The van der Waals surface area contributed by atoms with Crippen molar-refractivity contribution in [2.45, 2.75) is 18.8 Å². The molecule has 1 aliphatic rings. The number of benzene rings is 2. The Hall–Kier alpha value is -2.28. The van der Waals surface area contributed by atoms with Crippen LogP contribution in [0.2, 0.25) is 5.02 Å². The number of cyclic esters (lactones) is 1. The van der Waals surface area contributed by atoms with Crippen molar-refractivity contribution in [1.29, 1.82) is 0 Å². The van der Waals surface area contributed by atoms with E-state index >= 15 is 0 Å². The maximum atomic E-state index is 12.2. The number of halogens is 1. The molecule has 3 rings (SSSR count). The number of fused-ring (bicyclic) bond motifs is 1. The molecule has 1 heterocycles. The van der Waals surface area contributed by atoms with Crippen molar-refractivity contribution in [3.8, 4) is 12.3 Å². The van der Waals surface area contributed by atoms with E-state index < -0.39 is 17.9 Å². The number of terminal acetylenes is 1. The minimum Gasteiger partial charge on any atom is -0.420 e. The number of ether oxygens (including phenoxy) is 2. The number of esters is 1. The van der Waals surface area contributed by atoms with Crippen LogP contribution in [-0.4, -0.2) is 12.1 Å². The fourth-order valence-electron chi connectivity index (χ4n) is 2.51. The van der Waals surface area contributed by atoms with Gasteiger partial charge in [0, 0.05) is 16.1 Å². The number of hydrogen-bond acceptors (Lipinski definition) is 3. The Morgan fingerprint density at radius 2 is 1.91 bits per heavy atom. The average molecular weight is 313 g/mol. The summed E-state index contributed by atoms with van der Waals surface area (Å²) in [5, 5.41) is 0.585. The monoisotopic (exact) mass is 312 g/mol. The SMILES string of the molecule is C#C[C@@H](C)O[C@]1(c2ccc(Cl)cc2)OC(=O)c2ccccc21. The lowest BCUT2D eigenvalue weighted by Crippen LogP contribution is -2.34. The molecule has 110 valence electrons. The second kappa shape index (κ2) is 5.49. The summed E-state index contributed by atoms with van der Waals surface area (Å²) in [6.07, 6.45) is 4.90. The van der Waals surface area contributed by atoms with Crippen molar-refractivity contribution >= 4 is 17.6 Å². The molecule has 4 heteroatoms. The smallest absolute Gasteiger partial charge is 0.341 e. The predicted octanol–water partition coefficient (Wildman–Crippen LogP) is 3.75. The fraction of sp³-hybridized carbons (Fsp3) is 0.167. The molecule has 0 unspecified atom stereocenters. The third-order valence-corrected chi connectivity index (χ3v) is 3.79. The van der Waals surface area contributed by atoms with Crippen molar-refractivity contribution in [2.75, 3.05) is 0 Å². The molecule has 22 heavy (non-hydrogen) atoms. The van der Waals surface area contributed by atoms with E-state index in [-0.39, 0.29) is 0 Å². The van der Waals surface area contributed by atoms with E-state index in [9.17, 15) is 4.79 Å². The molecule has 2 aromatic carbocycles. The van der Waals surface area contributed by atoms with Crippen LogP contribution in [0.25, 0.3) is 0 Å². The van der Waals surface area contributed by atoms with Crippen molar-refractivity contribution in [2.24, 2.45) is 0 Å². The average Bonchev–Trinajstić information content (AvgIpc) is 2.82. The van der Waals surface area contributed by atoms with Gasteiger partial charge in [-0.15, -0.1) is 6.42 Å². The van der Waals surface area contributed by atoms with E-state index in [0.29, 0.717) is 21.7 Å². The zero-order valence-electron chi connectivity index (χ0n) is 11.9. The first kappa shape index (κ1) is 14.6. The first-order valence-corrected chi connectivity index (χ1v) is 7.17. The maximum absolute atomic E-state index is 12.2. The van der Waals surface area contributed by atoms with E-state index in [4.69, 9.17) is 27.5 Å². The quantitative estimate of drug-likeness (QED) is 0.639. The van der Waals surface area contributed by atoms with Gasteiger partial charge >= 0.3 is 5.97 Å². The van der Waals surface area contributed by atoms with Crippen LogP contribution in [0.3, 0.4) is 0 Å². The largest absolute Gasteiger partial charge is 0.420 e. The number of carbonyl (C=O) groups is 1. The summed E-state index contributed by atoms with van der Waals surface area (Å²) in [7, 11) is 0. The van der Waals surface area contributed by atoms with Crippen molar-refractivity contribution < 1.29 is 14.3 Å². The van der Waals surface area contributed by atoms with Crippen LogP contribution in [0.4, 0.5) is 0 Å². The van der Waals surface area contributed by atoms with E-state index in [1.54, 1.807) is 49.4 Å². The topological polar surface area (TPSA) is 35.5 Å². The van der Waals surface area contributed by atoms with E-state index in [1.165, 1.54) is 0 Å². The molecule has 0 bridgehead atoms. The van der Waals surface area contributed by atoms with Gasteiger partial charge in [-0.2, -0.15) is 0 Å². The lowest BCUT2D eigenvalue weighted by atomic mass is 9.95. The molecule has 0 saturated heterocycles. The molecule has 0 N–H and O–H groups in total. The second-order valence-electron chi connectivity index (χ2n) is 4.99. The molecular formula is C18H13ClO3. The molecule has 1 aliphatic heterocycles. The van der Waals surface area contributed by atoms with Crippen molar-refractivity contribution in [1.82, 2.24) is 0 Å². The predicted molar refractivity (Wildman–Crippen MR) is 83.5 cm³/mol. The Labute approximate surface area is 133 Å². The summed E-state index contributed by atoms with van der Waals surface area (Å²) in [6, 6.07) is 14.1. The van der Waals surface area contributed by atoms with Crippen LogP contribution >= 0.6 is 11.6 Å². The van der Waals surface area contributed by atoms with Gasteiger partial charge in [0.2, 0.25) is 0 Å². The Morgan fingerprint density at radius 1 is 1.23 bits per heavy atom. The molecule has 0 saturated carbocycles. The van der Waals surface area contributed by atoms with Crippen LogP contribution in [0.15, 0.2) is 48.5 Å². The summed E-state index contributed by atoms with van der Waals surface area (Å²) in [6.45, 7) is 1.73. The van der Waals surface area contributed by atoms with Crippen LogP contribution in [0.5, 0.6) is 0 Å². The lowest BCUT2D eigenvalue weighted by molar-refractivity contribution is -0.186. The van der Waals surface area contributed by atoms with Gasteiger partial charge in [0.15, 0.2) is 0 Å². The van der Waals surface area contributed by atoms with Gasteiger partial charge in [0.25, 0.3) is 5.79 Å². The molecule has 2 atom stereocenters. The zero-order chi connectivity index (χ0) is 15.7. The van der Waals surface area contributed by atoms with Gasteiger partial charge in [-0.3, -0.25) is 0 Å². The summed E-state index contributed by atoms with van der Waals surface area (Å²) in [4.78, 5) is 12.2. The van der Waals surface area contributed by atoms with Crippen molar-refractivity contribution in [3.63, 3.8) is 0 Å². The van der Waals surface area contributed by atoms with Crippen LogP contribution < -0.4 is 0 Å². The molecule has 0 spiro atoms. The highest BCUT2D eigenvalue weighted by Crippen LogP contribution is 2.43. The van der Waals surface area contributed by atoms with Gasteiger partial charge in [-0.25, -0.2) is 4.79 Å². The Morgan fingerprint density at radius 3 is 2.59 bits per heavy atom. The lowest BCUT2D eigenvalue weighted by Gasteiger charge is -2.30. The second-order valence-corrected chi connectivity index (χ2v) is 5.42. The Kier molecular flexibility index (Phi) is 3.66. The Bertz CT molecular complexity index is 761. The molecule has 2 aromatic rings. The highest BCUT2D eigenvalue weighted by Gasteiger charge is 2.49. The molecule has 0 aliphatic carbocycles. The van der Waals surface area contributed by atoms with E-state index in [0.717, 1.165) is 0 Å². The minimum atomic E-state index is -1.34. The summed E-state index contributed by atoms with van der Waals surface area (Å²) in [5.41, 5.74) is 1.78. The summed E-state index contributed by atoms with van der Waals surface area (Å²) in [5.74, 6) is 0.725. The van der Waals surface area contributed by atoms with Gasteiger partial charge in [-0.1, -0.05) is 47.9 Å². The molecule has 0 radical (unpaired) electrons. The number of rotatable bonds is 3. The van der Waals surface area contributed by atoms with E-state index in [2.05, 4.69) is 5.92 Å².